The molecule has 5 nitrogen and oxygen atoms in total. The number of halogens is 2. The van der Waals surface area contributed by atoms with Crippen molar-refractivity contribution in [2.24, 2.45) is 0 Å². The number of hydrogen-bond donors (Lipinski definition) is 0. The zero-order valence-corrected chi connectivity index (χ0v) is 17.0. The van der Waals surface area contributed by atoms with Gasteiger partial charge in [-0.2, -0.15) is 10.4 Å². The van der Waals surface area contributed by atoms with E-state index in [0.717, 1.165) is 62.3 Å². The Morgan fingerprint density at radius 1 is 1.04 bits per heavy atom. The third kappa shape index (κ3) is 3.95. The molecule has 0 aliphatic carbocycles. The minimum absolute atomic E-state index is 0.604. The van der Waals surface area contributed by atoms with Crippen molar-refractivity contribution in [3.8, 4) is 6.07 Å². The summed E-state index contributed by atoms with van der Waals surface area (Å²) in [6, 6.07) is 13.7. The Morgan fingerprint density at radius 2 is 1.86 bits per heavy atom. The first-order valence-corrected chi connectivity index (χ1v) is 10.2. The van der Waals surface area contributed by atoms with Crippen LogP contribution in [0.3, 0.4) is 0 Å². The van der Waals surface area contributed by atoms with E-state index in [4.69, 9.17) is 28.5 Å². The second-order valence-corrected chi connectivity index (χ2v) is 7.79. The molecule has 1 saturated heterocycles. The van der Waals surface area contributed by atoms with Crippen molar-refractivity contribution in [1.29, 1.82) is 5.26 Å². The average molecular weight is 414 g/mol. The summed E-state index contributed by atoms with van der Waals surface area (Å²) >= 11 is 12.5. The number of anilines is 1. The minimum atomic E-state index is 0.604. The van der Waals surface area contributed by atoms with E-state index in [1.165, 1.54) is 0 Å². The van der Waals surface area contributed by atoms with E-state index in [9.17, 15) is 0 Å². The largest absolute Gasteiger partial charge is 0.368 e. The van der Waals surface area contributed by atoms with Crippen LogP contribution in [0.4, 0.5) is 5.69 Å². The molecule has 0 amide bonds. The van der Waals surface area contributed by atoms with Crippen molar-refractivity contribution in [1.82, 2.24) is 14.7 Å². The zero-order chi connectivity index (χ0) is 19.5. The number of hydrogen-bond acceptors (Lipinski definition) is 4. The highest BCUT2D eigenvalue weighted by molar-refractivity contribution is 6.43. The van der Waals surface area contributed by atoms with E-state index in [0.29, 0.717) is 15.6 Å². The third-order valence-electron chi connectivity index (χ3n) is 5.26. The molecule has 144 valence electrons. The molecule has 0 unspecified atom stereocenters. The van der Waals surface area contributed by atoms with Gasteiger partial charge in [-0.15, -0.1) is 0 Å². The normalized spacial score (nSPS) is 15.1. The molecule has 1 aliphatic heterocycles. The topological polar surface area (TPSA) is 48.1 Å². The van der Waals surface area contributed by atoms with Gasteiger partial charge in [0.25, 0.3) is 0 Å². The second kappa shape index (κ2) is 8.40. The number of rotatable bonds is 5. The number of nitriles is 1. The van der Waals surface area contributed by atoms with Crippen LogP contribution < -0.4 is 4.90 Å². The van der Waals surface area contributed by atoms with Crippen LogP contribution in [-0.4, -0.2) is 47.4 Å². The molecule has 2 heterocycles. The van der Waals surface area contributed by atoms with Crippen LogP contribution in [0.2, 0.25) is 10.0 Å². The minimum Gasteiger partial charge on any atom is -0.368 e. The Bertz CT molecular complexity index is 1020. The number of nitrogens with zero attached hydrogens (tertiary/aromatic N) is 5. The van der Waals surface area contributed by atoms with Gasteiger partial charge in [-0.1, -0.05) is 29.3 Å². The number of aryl methyl sites for hydroxylation is 1. The summed E-state index contributed by atoms with van der Waals surface area (Å²) in [5, 5.41) is 15.9. The number of piperazine rings is 1. The first-order valence-electron chi connectivity index (χ1n) is 9.43. The van der Waals surface area contributed by atoms with Gasteiger partial charge < -0.3 is 4.90 Å². The maximum absolute atomic E-state index is 9.10. The molecule has 2 aromatic carbocycles. The van der Waals surface area contributed by atoms with Gasteiger partial charge in [0.2, 0.25) is 0 Å². The number of fused-ring (bicyclic) bond motifs is 1. The van der Waals surface area contributed by atoms with Gasteiger partial charge in [-0.3, -0.25) is 9.58 Å². The van der Waals surface area contributed by atoms with Crippen molar-refractivity contribution in [3.05, 3.63) is 58.2 Å². The van der Waals surface area contributed by atoms with Crippen LogP contribution in [0.5, 0.6) is 0 Å². The molecule has 28 heavy (non-hydrogen) atoms. The molecule has 4 rings (SSSR count). The lowest BCUT2D eigenvalue weighted by molar-refractivity contribution is 0.249. The number of benzene rings is 2. The van der Waals surface area contributed by atoms with Crippen molar-refractivity contribution in [3.63, 3.8) is 0 Å². The molecule has 1 aliphatic rings. The summed E-state index contributed by atoms with van der Waals surface area (Å²) in [7, 11) is 0. The van der Waals surface area contributed by atoms with E-state index in [1.807, 2.05) is 47.3 Å². The Morgan fingerprint density at radius 3 is 2.64 bits per heavy atom. The Hall–Kier alpha value is -2.26. The molecule has 7 heteroatoms. The molecule has 0 atom stereocenters. The fourth-order valence-corrected chi connectivity index (χ4v) is 4.13. The van der Waals surface area contributed by atoms with Crippen molar-refractivity contribution in [2.45, 2.75) is 13.0 Å². The molecule has 0 N–H and O–H groups in total. The standard InChI is InChI=1S/C21H21Cl2N5/c22-18-3-1-4-19(21(18)23)27-11-9-26(10-12-27)7-2-8-28-20-13-16(14-24)5-6-17(20)15-25-28/h1,3-6,13,15H,2,7-12H2. The molecular formula is C21H21Cl2N5. The molecule has 0 saturated carbocycles. The van der Waals surface area contributed by atoms with E-state index in [2.05, 4.69) is 21.0 Å². The summed E-state index contributed by atoms with van der Waals surface area (Å²) < 4.78 is 2.00. The highest BCUT2D eigenvalue weighted by Crippen LogP contribution is 2.32. The lowest BCUT2D eigenvalue weighted by Gasteiger charge is -2.36. The monoisotopic (exact) mass is 413 g/mol. The molecular weight excluding hydrogens is 393 g/mol. The Balaban J connectivity index is 1.30. The highest BCUT2D eigenvalue weighted by Gasteiger charge is 2.19. The second-order valence-electron chi connectivity index (χ2n) is 7.01. The first-order chi connectivity index (χ1) is 13.7. The Labute approximate surface area is 174 Å². The van der Waals surface area contributed by atoms with Crippen molar-refractivity contribution < 1.29 is 0 Å². The maximum atomic E-state index is 9.10. The number of aromatic nitrogens is 2. The lowest BCUT2D eigenvalue weighted by atomic mass is 10.2. The molecule has 1 aromatic heterocycles. The predicted octanol–water partition coefficient (Wildman–Crippen LogP) is 4.43. The summed E-state index contributed by atoms with van der Waals surface area (Å²) in [6.45, 7) is 5.75. The van der Waals surface area contributed by atoms with Gasteiger partial charge in [-0.25, -0.2) is 0 Å². The first kappa shape index (κ1) is 19.1. The van der Waals surface area contributed by atoms with Crippen molar-refractivity contribution >= 4 is 39.8 Å². The zero-order valence-electron chi connectivity index (χ0n) is 15.5. The fourth-order valence-electron chi connectivity index (χ4n) is 3.71. The predicted molar refractivity (Wildman–Crippen MR) is 114 cm³/mol. The quantitative estimate of drug-likeness (QED) is 0.620. The van der Waals surface area contributed by atoms with Crippen LogP contribution in [-0.2, 0) is 6.54 Å². The molecule has 0 spiro atoms. The van der Waals surface area contributed by atoms with E-state index in [-0.39, 0.29) is 0 Å². The van der Waals surface area contributed by atoms with Gasteiger partial charge in [0.1, 0.15) is 0 Å². The maximum Gasteiger partial charge on any atom is 0.0992 e. The Kier molecular flexibility index (Phi) is 5.72. The lowest BCUT2D eigenvalue weighted by Crippen LogP contribution is -2.46. The molecule has 1 fully saturated rings. The van der Waals surface area contributed by atoms with E-state index >= 15 is 0 Å². The summed E-state index contributed by atoms with van der Waals surface area (Å²) in [4.78, 5) is 4.77. The summed E-state index contributed by atoms with van der Waals surface area (Å²) in [5.41, 5.74) is 2.72. The molecule has 3 aromatic rings. The SMILES string of the molecule is N#Cc1ccc2cnn(CCCN3CCN(c4cccc(Cl)c4Cl)CC3)c2c1. The summed E-state index contributed by atoms with van der Waals surface area (Å²) in [6.07, 6.45) is 2.88. The van der Waals surface area contributed by atoms with Gasteiger partial charge in [-0.05, 0) is 36.8 Å². The fraction of sp³-hybridized carbons (Fsp3) is 0.333. The van der Waals surface area contributed by atoms with Crippen LogP contribution in [0.15, 0.2) is 42.6 Å². The summed E-state index contributed by atoms with van der Waals surface area (Å²) in [5.74, 6) is 0. The van der Waals surface area contributed by atoms with Gasteiger partial charge in [0.15, 0.2) is 0 Å². The molecule has 0 radical (unpaired) electrons. The molecule has 0 bridgehead atoms. The third-order valence-corrected chi connectivity index (χ3v) is 6.07. The average Bonchev–Trinajstić information content (AvgIpc) is 3.13. The van der Waals surface area contributed by atoms with Gasteiger partial charge in [0, 0.05) is 44.7 Å². The smallest absolute Gasteiger partial charge is 0.0992 e. The van der Waals surface area contributed by atoms with Crippen LogP contribution >= 0.6 is 23.2 Å². The highest BCUT2D eigenvalue weighted by atomic mass is 35.5. The van der Waals surface area contributed by atoms with Crippen molar-refractivity contribution in [2.75, 3.05) is 37.6 Å². The van der Waals surface area contributed by atoms with Crippen LogP contribution in [0, 0.1) is 11.3 Å². The van der Waals surface area contributed by atoms with Gasteiger partial charge in [0.05, 0.1) is 39.1 Å². The van der Waals surface area contributed by atoms with Crippen LogP contribution in [0.1, 0.15) is 12.0 Å². The van der Waals surface area contributed by atoms with E-state index < -0.39 is 0 Å². The van der Waals surface area contributed by atoms with Crippen LogP contribution in [0.25, 0.3) is 10.9 Å². The van der Waals surface area contributed by atoms with E-state index in [1.54, 1.807) is 0 Å². The van der Waals surface area contributed by atoms with Gasteiger partial charge >= 0.3 is 0 Å².